The number of benzene rings is 1. The molecule has 0 aliphatic heterocycles. The zero-order chi connectivity index (χ0) is 16.1. The van der Waals surface area contributed by atoms with Gasteiger partial charge in [0, 0.05) is 12.5 Å². The van der Waals surface area contributed by atoms with Gasteiger partial charge in [0.15, 0.2) is 11.7 Å². The maximum Gasteiger partial charge on any atom is 0.330 e. The second kappa shape index (κ2) is 6.84. The Bertz CT molecular complexity index is 684. The number of carbonyl (C=O) groups is 2. The summed E-state index contributed by atoms with van der Waals surface area (Å²) < 4.78 is 18.2. The SMILES string of the molecule is CCCc1cc(C(=O)NC(C(=O)O)c2cccc(F)c2)no1. The summed E-state index contributed by atoms with van der Waals surface area (Å²) in [6.45, 7) is 1.95. The van der Waals surface area contributed by atoms with E-state index in [4.69, 9.17) is 4.52 Å². The van der Waals surface area contributed by atoms with Crippen molar-refractivity contribution < 1.29 is 23.6 Å². The fraction of sp³-hybridized carbons (Fsp3) is 0.267. The molecule has 2 N–H and O–H groups in total. The molecule has 22 heavy (non-hydrogen) atoms. The first-order valence-electron chi connectivity index (χ1n) is 6.76. The van der Waals surface area contributed by atoms with Crippen molar-refractivity contribution in [3.63, 3.8) is 0 Å². The van der Waals surface area contributed by atoms with Crippen molar-refractivity contribution in [2.45, 2.75) is 25.8 Å². The number of carboxylic acid groups (broad SMARTS) is 1. The molecule has 0 radical (unpaired) electrons. The summed E-state index contributed by atoms with van der Waals surface area (Å²) in [6, 6.07) is 5.15. The summed E-state index contributed by atoms with van der Waals surface area (Å²) in [5.74, 6) is -2.02. The van der Waals surface area contributed by atoms with Crippen molar-refractivity contribution in [3.8, 4) is 0 Å². The average molecular weight is 306 g/mol. The van der Waals surface area contributed by atoms with Crippen molar-refractivity contribution in [2.75, 3.05) is 0 Å². The smallest absolute Gasteiger partial charge is 0.330 e. The molecule has 1 heterocycles. The summed E-state index contributed by atoms with van der Waals surface area (Å²) in [7, 11) is 0. The van der Waals surface area contributed by atoms with Gasteiger partial charge in [-0.05, 0) is 24.1 Å². The van der Waals surface area contributed by atoms with Gasteiger partial charge < -0.3 is 14.9 Å². The number of carbonyl (C=O) groups excluding carboxylic acids is 1. The summed E-state index contributed by atoms with van der Waals surface area (Å²) in [5, 5.41) is 15.1. The largest absolute Gasteiger partial charge is 0.479 e. The number of rotatable bonds is 6. The first-order valence-corrected chi connectivity index (χ1v) is 6.76. The van der Waals surface area contributed by atoms with Crippen LogP contribution in [-0.2, 0) is 11.2 Å². The molecule has 0 spiro atoms. The molecule has 0 saturated heterocycles. The van der Waals surface area contributed by atoms with Gasteiger partial charge in [0.2, 0.25) is 0 Å². The molecule has 0 aliphatic carbocycles. The molecule has 1 unspecified atom stereocenters. The molecule has 0 bridgehead atoms. The Kier molecular flexibility index (Phi) is 4.88. The topological polar surface area (TPSA) is 92.4 Å². The Balaban J connectivity index is 2.16. The van der Waals surface area contributed by atoms with Crippen molar-refractivity contribution in [2.24, 2.45) is 0 Å². The average Bonchev–Trinajstić information content (AvgIpc) is 2.93. The molecule has 0 fully saturated rings. The predicted octanol–water partition coefficient (Wildman–Crippen LogP) is 2.32. The molecule has 0 aliphatic rings. The fourth-order valence-electron chi connectivity index (χ4n) is 1.96. The fourth-order valence-corrected chi connectivity index (χ4v) is 1.96. The standard InChI is InChI=1S/C15H15FN2O4/c1-2-4-11-8-12(18-22-11)14(19)17-13(15(20)21)9-5-3-6-10(16)7-9/h3,5-8,13H,2,4H2,1H3,(H,17,19)(H,20,21). The van der Waals surface area contributed by atoms with Gasteiger partial charge in [-0.15, -0.1) is 0 Å². The monoisotopic (exact) mass is 306 g/mol. The third kappa shape index (κ3) is 3.69. The van der Waals surface area contributed by atoms with E-state index in [9.17, 15) is 19.1 Å². The van der Waals surface area contributed by atoms with E-state index in [1.807, 2.05) is 6.92 Å². The maximum atomic E-state index is 13.2. The third-order valence-corrected chi connectivity index (χ3v) is 2.99. The number of amides is 1. The van der Waals surface area contributed by atoms with Gasteiger partial charge in [-0.25, -0.2) is 9.18 Å². The van der Waals surface area contributed by atoms with Gasteiger partial charge >= 0.3 is 5.97 Å². The van der Waals surface area contributed by atoms with Crippen LogP contribution < -0.4 is 5.32 Å². The van der Waals surface area contributed by atoms with Crippen molar-refractivity contribution in [3.05, 3.63) is 53.2 Å². The summed E-state index contributed by atoms with van der Waals surface area (Å²) in [5.41, 5.74) is 0.129. The molecular weight excluding hydrogens is 291 g/mol. The van der Waals surface area contributed by atoms with Crippen molar-refractivity contribution in [1.82, 2.24) is 10.5 Å². The van der Waals surface area contributed by atoms with Gasteiger partial charge in [-0.2, -0.15) is 0 Å². The van der Waals surface area contributed by atoms with Crippen LogP contribution in [-0.4, -0.2) is 22.1 Å². The Hall–Kier alpha value is -2.70. The lowest BCUT2D eigenvalue weighted by Gasteiger charge is -2.13. The van der Waals surface area contributed by atoms with Crippen LogP contribution >= 0.6 is 0 Å². The number of nitrogens with zero attached hydrogens (tertiary/aromatic N) is 1. The number of halogens is 1. The van der Waals surface area contributed by atoms with Gasteiger partial charge in [-0.1, -0.05) is 24.2 Å². The Labute approximate surface area is 125 Å². The van der Waals surface area contributed by atoms with E-state index in [-0.39, 0.29) is 11.3 Å². The number of aryl methyl sites for hydroxylation is 1. The number of hydrogen-bond acceptors (Lipinski definition) is 4. The minimum absolute atomic E-state index is 0.00824. The van der Waals surface area contributed by atoms with Crippen LogP contribution in [0, 0.1) is 5.82 Å². The summed E-state index contributed by atoms with van der Waals surface area (Å²) in [6.07, 6.45) is 1.46. The van der Waals surface area contributed by atoms with Crippen LogP contribution in [0.4, 0.5) is 4.39 Å². The van der Waals surface area contributed by atoms with E-state index < -0.39 is 23.7 Å². The van der Waals surface area contributed by atoms with Crippen LogP contribution in [0.25, 0.3) is 0 Å². The van der Waals surface area contributed by atoms with Crippen LogP contribution in [0.5, 0.6) is 0 Å². The molecule has 7 heteroatoms. The molecule has 0 saturated carbocycles. The molecule has 2 rings (SSSR count). The van der Waals surface area contributed by atoms with Crippen LogP contribution in [0.3, 0.4) is 0 Å². The molecular formula is C15H15FN2O4. The van der Waals surface area contributed by atoms with E-state index >= 15 is 0 Å². The van der Waals surface area contributed by atoms with Gasteiger partial charge in [0.05, 0.1) is 0 Å². The van der Waals surface area contributed by atoms with Crippen LogP contribution in [0.1, 0.15) is 41.2 Å². The summed E-state index contributed by atoms with van der Waals surface area (Å²) in [4.78, 5) is 23.3. The number of nitrogens with one attached hydrogen (secondary N) is 1. The lowest BCUT2D eigenvalue weighted by molar-refractivity contribution is -0.139. The normalized spacial score (nSPS) is 11.9. The maximum absolute atomic E-state index is 13.2. The highest BCUT2D eigenvalue weighted by Crippen LogP contribution is 2.16. The highest BCUT2D eigenvalue weighted by molar-refractivity contribution is 5.95. The predicted molar refractivity (Wildman–Crippen MR) is 74.7 cm³/mol. The van der Waals surface area contributed by atoms with Gasteiger partial charge in [0.25, 0.3) is 5.91 Å². The lowest BCUT2D eigenvalue weighted by Crippen LogP contribution is -2.34. The zero-order valence-corrected chi connectivity index (χ0v) is 11.9. The first-order chi connectivity index (χ1) is 10.5. The molecule has 1 aromatic carbocycles. The van der Waals surface area contributed by atoms with E-state index in [0.29, 0.717) is 12.2 Å². The van der Waals surface area contributed by atoms with E-state index in [1.165, 1.54) is 24.3 Å². The van der Waals surface area contributed by atoms with E-state index in [0.717, 1.165) is 12.5 Å². The Morgan fingerprint density at radius 2 is 2.18 bits per heavy atom. The van der Waals surface area contributed by atoms with E-state index in [2.05, 4.69) is 10.5 Å². The molecule has 1 atom stereocenters. The highest BCUT2D eigenvalue weighted by atomic mass is 19.1. The van der Waals surface area contributed by atoms with Crippen molar-refractivity contribution >= 4 is 11.9 Å². The number of carboxylic acids is 1. The van der Waals surface area contributed by atoms with E-state index in [1.54, 1.807) is 0 Å². The second-order valence-electron chi connectivity index (χ2n) is 4.73. The second-order valence-corrected chi connectivity index (χ2v) is 4.73. The zero-order valence-electron chi connectivity index (χ0n) is 11.9. The van der Waals surface area contributed by atoms with Crippen LogP contribution in [0.2, 0.25) is 0 Å². The van der Waals surface area contributed by atoms with Crippen LogP contribution in [0.15, 0.2) is 34.9 Å². The Morgan fingerprint density at radius 1 is 1.41 bits per heavy atom. The quantitative estimate of drug-likeness (QED) is 0.854. The first kappa shape index (κ1) is 15.7. The molecule has 1 amide bonds. The lowest BCUT2D eigenvalue weighted by atomic mass is 10.1. The number of hydrogen-bond donors (Lipinski definition) is 2. The third-order valence-electron chi connectivity index (χ3n) is 2.99. The molecule has 116 valence electrons. The number of aliphatic carboxylic acids is 1. The van der Waals surface area contributed by atoms with Gasteiger partial charge in [0.1, 0.15) is 11.6 Å². The minimum atomic E-state index is -1.37. The minimum Gasteiger partial charge on any atom is -0.479 e. The summed E-state index contributed by atoms with van der Waals surface area (Å²) >= 11 is 0. The molecule has 2 aromatic rings. The van der Waals surface area contributed by atoms with Gasteiger partial charge in [-0.3, -0.25) is 4.79 Å². The number of aromatic nitrogens is 1. The highest BCUT2D eigenvalue weighted by Gasteiger charge is 2.24. The van der Waals surface area contributed by atoms with Crippen molar-refractivity contribution in [1.29, 1.82) is 0 Å². The molecule has 1 aromatic heterocycles. The Morgan fingerprint density at radius 3 is 2.82 bits per heavy atom. The molecule has 6 nitrogen and oxygen atoms in total.